The van der Waals surface area contributed by atoms with Gasteiger partial charge in [0.1, 0.15) is 12.7 Å². The van der Waals surface area contributed by atoms with Gasteiger partial charge >= 0.3 is 25.7 Å². The van der Waals surface area contributed by atoms with Crippen LogP contribution in [0.15, 0.2) is 36.5 Å². The van der Waals surface area contributed by atoms with Crippen LogP contribution in [0.25, 0.3) is 0 Å². The number of phosphoric ester groups is 1. The van der Waals surface area contributed by atoms with Crippen molar-refractivity contribution in [3.05, 3.63) is 36.5 Å². The molecule has 2 N–H and O–H groups in total. The van der Waals surface area contributed by atoms with E-state index in [2.05, 4.69) is 57.2 Å². The van der Waals surface area contributed by atoms with Crippen LogP contribution >= 0.6 is 7.82 Å². The molecule has 0 saturated heterocycles. The second-order valence-electron chi connectivity index (χ2n) is 18.7. The molecule has 11 nitrogen and oxygen atoms in total. The third-order valence-electron chi connectivity index (χ3n) is 12.1. The van der Waals surface area contributed by atoms with Gasteiger partial charge in [0.2, 0.25) is 0 Å². The Kier molecular flexibility index (Phi) is 49.3. The number of hydrogen-bond acceptors (Lipinski definition) is 10. The lowest BCUT2D eigenvalue weighted by atomic mass is 10.0. The molecule has 0 aromatic rings. The molecule has 398 valence electrons. The van der Waals surface area contributed by atoms with E-state index in [1.54, 1.807) is 0 Å². The number of phosphoric acid groups is 1. The summed E-state index contributed by atoms with van der Waals surface area (Å²) in [6, 6.07) is 0. The lowest BCUT2D eigenvalue weighted by Gasteiger charge is -2.21. The summed E-state index contributed by atoms with van der Waals surface area (Å²) >= 11 is 0. The van der Waals surface area contributed by atoms with Gasteiger partial charge in [0.25, 0.3) is 0 Å². The Morgan fingerprint density at radius 1 is 0.426 bits per heavy atom. The number of aliphatic hydroxyl groups is 1. The van der Waals surface area contributed by atoms with Crippen LogP contribution in [-0.4, -0.2) is 66.5 Å². The molecule has 12 heteroatoms. The summed E-state index contributed by atoms with van der Waals surface area (Å²) in [6.07, 6.45) is 51.1. The Hall–Kier alpha value is -2.30. The van der Waals surface area contributed by atoms with Gasteiger partial charge in [-0.05, 0) is 51.4 Å². The van der Waals surface area contributed by atoms with Crippen LogP contribution in [0.3, 0.4) is 0 Å². The van der Waals surface area contributed by atoms with Crippen molar-refractivity contribution in [2.45, 2.75) is 277 Å². The highest BCUT2D eigenvalue weighted by molar-refractivity contribution is 7.47. The van der Waals surface area contributed by atoms with Crippen molar-refractivity contribution in [3.8, 4) is 0 Å². The average Bonchev–Trinajstić information content (AvgIpc) is 3.32. The molecule has 0 aromatic heterocycles. The van der Waals surface area contributed by atoms with E-state index < -0.39 is 57.8 Å². The third kappa shape index (κ3) is 48.7. The third-order valence-corrected chi connectivity index (χ3v) is 13.0. The van der Waals surface area contributed by atoms with Crippen LogP contribution in [0, 0.1) is 0 Å². The first-order chi connectivity index (χ1) is 33.2. The maximum absolute atomic E-state index is 12.9. The van der Waals surface area contributed by atoms with Crippen LogP contribution in [0.4, 0.5) is 0 Å². The molecule has 68 heavy (non-hydrogen) atoms. The smallest absolute Gasteiger partial charge is 0.462 e. The van der Waals surface area contributed by atoms with Crippen molar-refractivity contribution in [1.82, 2.24) is 0 Å². The average molecular weight is 983 g/mol. The van der Waals surface area contributed by atoms with Gasteiger partial charge in [-0.25, -0.2) is 4.57 Å². The molecule has 0 fully saturated rings. The van der Waals surface area contributed by atoms with Crippen molar-refractivity contribution in [2.24, 2.45) is 0 Å². The zero-order valence-electron chi connectivity index (χ0n) is 43.8. The summed E-state index contributed by atoms with van der Waals surface area (Å²) in [5.74, 6) is -1.48. The minimum absolute atomic E-state index is 0.136. The fraction of sp³-hybridized carbons (Fsp3) is 0.839. The normalized spacial score (nSPS) is 13.7. The van der Waals surface area contributed by atoms with Crippen LogP contribution in [0.5, 0.6) is 0 Å². The van der Waals surface area contributed by atoms with Gasteiger partial charge in [-0.1, -0.05) is 231 Å². The van der Waals surface area contributed by atoms with Gasteiger partial charge in [-0.3, -0.25) is 23.4 Å². The first kappa shape index (κ1) is 65.7. The fourth-order valence-corrected chi connectivity index (χ4v) is 8.63. The predicted octanol–water partition coefficient (Wildman–Crippen LogP) is 16.0. The second-order valence-corrected chi connectivity index (χ2v) is 20.2. The standard InChI is InChI=1S/C56H103O11P/c1-4-7-10-13-16-19-22-25-26-29-30-33-36-39-42-45-54(58)63-49-53(67-56(60)47-44-41-38-35-32-28-24-21-18-15-12-9-6-3)51-65-68(61,62)64-50-52(48-57)66-55(59)46-43-40-37-34-31-27-23-20-17-14-11-8-5-2/h9,12,18,21,28,32,52-53,57H,4-8,10-11,13-17,19-20,22-27,29-31,33-51H2,1-3H3,(H,61,62)/b12-9-,21-18-,32-28-. The van der Waals surface area contributed by atoms with Crippen molar-refractivity contribution in [2.75, 3.05) is 26.4 Å². The minimum atomic E-state index is -4.74. The molecule has 3 atom stereocenters. The van der Waals surface area contributed by atoms with Crippen LogP contribution in [0.1, 0.15) is 265 Å². The number of allylic oxidation sites excluding steroid dienone is 6. The highest BCUT2D eigenvalue weighted by Crippen LogP contribution is 2.43. The van der Waals surface area contributed by atoms with E-state index in [0.29, 0.717) is 19.3 Å². The van der Waals surface area contributed by atoms with E-state index in [9.17, 15) is 28.9 Å². The number of unbranched alkanes of at least 4 members (excludes halogenated alkanes) is 29. The van der Waals surface area contributed by atoms with E-state index >= 15 is 0 Å². The maximum atomic E-state index is 12.9. The van der Waals surface area contributed by atoms with Crippen molar-refractivity contribution in [3.63, 3.8) is 0 Å². The van der Waals surface area contributed by atoms with Gasteiger partial charge in [0.15, 0.2) is 6.10 Å². The van der Waals surface area contributed by atoms with E-state index in [4.69, 9.17) is 23.3 Å². The van der Waals surface area contributed by atoms with Crippen molar-refractivity contribution in [1.29, 1.82) is 0 Å². The van der Waals surface area contributed by atoms with E-state index in [1.807, 2.05) is 0 Å². The highest BCUT2D eigenvalue weighted by Gasteiger charge is 2.28. The highest BCUT2D eigenvalue weighted by atomic mass is 31.2. The molecule has 0 radical (unpaired) electrons. The van der Waals surface area contributed by atoms with Crippen molar-refractivity contribution < 1.29 is 52.2 Å². The van der Waals surface area contributed by atoms with Crippen LogP contribution < -0.4 is 0 Å². The lowest BCUT2D eigenvalue weighted by molar-refractivity contribution is -0.161. The molecule has 0 aliphatic heterocycles. The van der Waals surface area contributed by atoms with E-state index in [1.165, 1.54) is 128 Å². The Morgan fingerprint density at radius 2 is 0.765 bits per heavy atom. The zero-order valence-corrected chi connectivity index (χ0v) is 44.7. The molecule has 0 aliphatic carbocycles. The van der Waals surface area contributed by atoms with Gasteiger partial charge < -0.3 is 24.2 Å². The second kappa shape index (κ2) is 51.1. The summed E-state index contributed by atoms with van der Waals surface area (Å²) < 4.78 is 39.4. The lowest BCUT2D eigenvalue weighted by Crippen LogP contribution is -2.30. The monoisotopic (exact) mass is 983 g/mol. The molecule has 0 aliphatic rings. The predicted molar refractivity (Wildman–Crippen MR) is 279 cm³/mol. The van der Waals surface area contributed by atoms with Crippen LogP contribution in [-0.2, 0) is 42.2 Å². The Balaban J connectivity index is 4.71. The number of aliphatic hydroxyl groups excluding tert-OH is 1. The van der Waals surface area contributed by atoms with Gasteiger partial charge in [0.05, 0.1) is 19.8 Å². The van der Waals surface area contributed by atoms with Crippen molar-refractivity contribution >= 4 is 25.7 Å². The van der Waals surface area contributed by atoms with Gasteiger partial charge in [0, 0.05) is 19.3 Å². The number of rotatable bonds is 52. The number of ether oxygens (including phenoxy) is 3. The Bertz CT molecular complexity index is 1280. The molecule has 0 bridgehead atoms. The Morgan fingerprint density at radius 3 is 1.18 bits per heavy atom. The van der Waals surface area contributed by atoms with E-state index in [-0.39, 0.29) is 25.9 Å². The summed E-state index contributed by atoms with van der Waals surface area (Å²) in [5, 5.41) is 9.79. The maximum Gasteiger partial charge on any atom is 0.472 e. The molecule has 0 spiro atoms. The van der Waals surface area contributed by atoms with Gasteiger partial charge in [-0.15, -0.1) is 0 Å². The summed E-state index contributed by atoms with van der Waals surface area (Å²) in [6.45, 7) is 4.52. The largest absolute Gasteiger partial charge is 0.472 e. The zero-order chi connectivity index (χ0) is 49.9. The SMILES string of the molecule is CC/C=C\C/C=C\C/C=C\CCCCCC(=O)OC(COC(=O)CCCCCCCCCCCCCCCCC)COP(=O)(O)OCC(CO)OC(=O)CCCCCCCCCCCCCCC. The molecule has 0 rings (SSSR count). The molecular formula is C56H103O11P. The number of carbonyl (C=O) groups excluding carboxylic acids is 3. The molecule has 0 amide bonds. The summed E-state index contributed by atoms with van der Waals surface area (Å²) in [4.78, 5) is 48.4. The first-order valence-corrected chi connectivity index (χ1v) is 29.4. The minimum Gasteiger partial charge on any atom is -0.462 e. The Labute approximate surface area is 416 Å². The molecule has 0 saturated carbocycles. The molecule has 3 unspecified atom stereocenters. The molecule has 0 heterocycles. The number of esters is 3. The fourth-order valence-electron chi connectivity index (χ4n) is 7.84. The van der Waals surface area contributed by atoms with E-state index in [0.717, 1.165) is 77.0 Å². The summed E-state index contributed by atoms with van der Waals surface area (Å²) in [5.41, 5.74) is 0. The van der Waals surface area contributed by atoms with Gasteiger partial charge in [-0.2, -0.15) is 0 Å². The summed E-state index contributed by atoms with van der Waals surface area (Å²) in [7, 11) is -4.74. The topological polar surface area (TPSA) is 155 Å². The number of carbonyl (C=O) groups is 3. The molecular weight excluding hydrogens is 880 g/mol. The van der Waals surface area contributed by atoms with Crippen LogP contribution in [0.2, 0.25) is 0 Å². The molecule has 0 aromatic carbocycles. The first-order valence-electron chi connectivity index (χ1n) is 27.9. The number of hydrogen-bond donors (Lipinski definition) is 2. The quantitative estimate of drug-likeness (QED) is 0.0197.